The minimum absolute atomic E-state index is 0.846. The first-order valence-electron chi connectivity index (χ1n) is 43.4. The van der Waals surface area contributed by atoms with E-state index in [1.807, 2.05) is 0 Å². The highest BCUT2D eigenvalue weighted by Gasteiger charge is 2.66. The molecule has 10 aliphatic heterocycles. The molecular weight excluding hydrogens is 1890 g/mol. The van der Waals surface area contributed by atoms with Crippen LogP contribution in [0.25, 0.3) is 0 Å². The summed E-state index contributed by atoms with van der Waals surface area (Å²) in [4.78, 5) is 90.0. The molecule has 10 rings (SSSR count). The predicted octanol–water partition coefficient (Wildman–Crippen LogP) is -23.7. The second kappa shape index (κ2) is 49.0. The van der Waals surface area contributed by atoms with Crippen molar-refractivity contribution in [3.63, 3.8) is 0 Å². The number of carbonyl (C=O) groups is 7. The second-order valence-electron chi connectivity index (χ2n) is 34.6. The van der Waals surface area contributed by atoms with E-state index in [9.17, 15) is 192 Å². The van der Waals surface area contributed by atoms with E-state index < -0.39 is 438 Å². The number of nitrogens with one attached hydrogen (secondary N) is 5. The molecular formula is C76H125N5O57. The standard InChI is InChI=1S/C76H125N5O57/c1-18(91)77-35-23(96)6-75(73(116)117,135-58(35)40(100)25(98)8-82)137-61-44(104)29(12-86)122-69(53(61)113)130-56-32(15-89)126-66(38(48(56)108)80-21(4)94)133-63-50(110)42(102)27(10-84)124-71(63)120-17-34-46(106)60(52(112)68(128-34)129-55-31(14-88)121-65(115)37(47(55)107)79-20(3)93)132-72-64(51(111)43(103)28(11-85)125-72)134-67-39(81-22(5)95)49(109)57(33(16-90)127-67)131-70-54(114)62(45(105)30(13-87)123-70)138-76(74(118)119)7-24(97)36(78-19(2)92)59(136-76)41(101)26(99)9-83/h23-72,82-90,96-115H,6-17H2,1-5H3,(H,77,91)(H,78,92)(H,79,93)(H,80,94)(H,81,95)(H,116,117)(H,118,119)/t23-,24-,25+,26+,27+,28+,29+,30+,31+,32+,33+,34+,35+,36+,37+,38+,39+,40+,41+,42+,43+,44-,45-,46+,47+,48+,49+,50-,51-,52-,53+,54+,55+,56+,57+,58+,59+,60-,61-,62-,63-,64-,65?,66-,67-,68-,69-,70-,71-,72+,75-,76-/m0/s1. The lowest BCUT2D eigenvalue weighted by Crippen LogP contribution is -2.71. The van der Waals surface area contributed by atoms with Crippen molar-refractivity contribution < 1.29 is 282 Å². The summed E-state index contributed by atoms with van der Waals surface area (Å²) in [5.41, 5.74) is 0. The van der Waals surface area contributed by atoms with Gasteiger partial charge in [0.15, 0.2) is 50.3 Å². The van der Waals surface area contributed by atoms with Crippen LogP contribution in [0.2, 0.25) is 0 Å². The fourth-order valence-electron chi connectivity index (χ4n) is 17.7. The lowest BCUT2D eigenvalue weighted by molar-refractivity contribution is -0.400. The molecule has 0 aliphatic carbocycles. The quantitative estimate of drug-likeness (QED) is 0.0272. The number of carbonyl (C=O) groups excluding carboxylic acids is 5. The summed E-state index contributed by atoms with van der Waals surface area (Å²) in [5, 5.41) is 359. The number of amides is 5. The first-order chi connectivity index (χ1) is 65.0. The molecule has 0 aromatic heterocycles. The zero-order valence-corrected chi connectivity index (χ0v) is 73.8. The Morgan fingerprint density at radius 2 is 0.572 bits per heavy atom. The molecule has 796 valence electrons. The van der Waals surface area contributed by atoms with Gasteiger partial charge in [-0.2, -0.15) is 0 Å². The first-order valence-corrected chi connectivity index (χ1v) is 43.4. The van der Waals surface area contributed by atoms with Crippen LogP contribution in [0.3, 0.4) is 0 Å². The first kappa shape index (κ1) is 114. The van der Waals surface area contributed by atoms with Gasteiger partial charge in [-0.1, -0.05) is 0 Å². The van der Waals surface area contributed by atoms with Gasteiger partial charge in [0, 0.05) is 47.5 Å². The van der Waals surface area contributed by atoms with Gasteiger partial charge in [0.2, 0.25) is 29.5 Å². The molecule has 0 aromatic carbocycles. The van der Waals surface area contributed by atoms with Crippen LogP contribution in [0.15, 0.2) is 0 Å². The van der Waals surface area contributed by atoms with Crippen LogP contribution in [0, 0.1) is 0 Å². The number of hydrogen-bond acceptors (Lipinski definition) is 55. The number of hydrogen-bond donors (Lipinski definition) is 36. The van der Waals surface area contributed by atoms with Gasteiger partial charge < -0.3 is 275 Å². The Kier molecular flexibility index (Phi) is 40.6. The maximum atomic E-state index is 13.3. The fourth-order valence-corrected chi connectivity index (χ4v) is 17.7. The lowest BCUT2D eigenvalue weighted by atomic mass is 9.88. The molecule has 10 aliphatic rings. The molecule has 62 nitrogen and oxygen atoms in total. The van der Waals surface area contributed by atoms with Crippen molar-refractivity contribution in [2.75, 3.05) is 66.1 Å². The third kappa shape index (κ3) is 25.0. The smallest absolute Gasteiger partial charge is 0.364 e. The highest BCUT2D eigenvalue weighted by Crippen LogP contribution is 2.44. The Bertz CT molecular complexity index is 3930. The SMILES string of the molecule is CC(=O)N[C@H]1[C@H](O[C@@H]2[C@@H](OC[C@H]3O[C@@H](O[C@H]4[C@H](O)[C@@H](NC(C)=O)C(O)O[C@@H]4CO)[C@@H](O)[C@@H](O[C@H]4O[C@H](CO)[C@@H](O)[C@H](O)[C@@H]4O[C@@H]4O[C@H](CO)[C@@H](O[C@@H]5O[C@H](CO)[C@H](O)[C@H](O[C@]6(C(=O)O)C[C@H](O)[C@@H](NC(C)=O)[C@H]([C@H](O)[C@H](O)CO)O6)[C@H]5O)[C@H](O)[C@H]4NC(C)=O)[C@@H]3O)O[C@H](CO)[C@@H](O)[C@@H]2O)O[C@H](CO)[C@@H](O[C@@H]2O[C@H](CO)[C@H](O)[C@H](O[C@]3(C(=O)O)C[C@H](O)[C@@H](NC(C)=O)[C@H]([C@H](O)[C@H](O)CO)O3)[C@H]2O)[C@@H]1O. The lowest BCUT2D eigenvalue weighted by Gasteiger charge is -2.51. The monoisotopic (exact) mass is 2020 g/mol. The van der Waals surface area contributed by atoms with Crippen molar-refractivity contribution in [1.29, 1.82) is 0 Å². The van der Waals surface area contributed by atoms with Crippen molar-refractivity contribution in [2.24, 2.45) is 0 Å². The summed E-state index contributed by atoms with van der Waals surface area (Å²) >= 11 is 0. The number of aliphatic hydroxyl groups is 29. The maximum Gasteiger partial charge on any atom is 0.364 e. The van der Waals surface area contributed by atoms with Gasteiger partial charge in [0.05, 0.1) is 90.4 Å². The van der Waals surface area contributed by atoms with Crippen molar-refractivity contribution in [3.8, 4) is 0 Å². The van der Waals surface area contributed by atoms with E-state index in [4.69, 9.17) is 90.0 Å². The van der Waals surface area contributed by atoms with E-state index in [0.717, 1.165) is 34.6 Å². The van der Waals surface area contributed by atoms with Gasteiger partial charge >= 0.3 is 11.9 Å². The van der Waals surface area contributed by atoms with Crippen molar-refractivity contribution in [3.05, 3.63) is 0 Å². The summed E-state index contributed by atoms with van der Waals surface area (Å²) in [5.74, 6) is -15.8. The molecule has 10 fully saturated rings. The average molecular weight is 2020 g/mol. The van der Waals surface area contributed by atoms with Gasteiger partial charge in [-0.15, -0.1) is 0 Å². The van der Waals surface area contributed by atoms with Gasteiger partial charge in [-0.05, 0) is 0 Å². The van der Waals surface area contributed by atoms with Gasteiger partial charge in [-0.25, -0.2) is 9.59 Å². The van der Waals surface area contributed by atoms with Gasteiger partial charge in [0.25, 0.3) is 11.6 Å². The number of ether oxygens (including phenoxy) is 19. The molecule has 0 spiro atoms. The van der Waals surface area contributed by atoms with Crippen LogP contribution in [0.1, 0.15) is 47.5 Å². The molecule has 0 bridgehead atoms. The van der Waals surface area contributed by atoms with Crippen molar-refractivity contribution >= 4 is 41.5 Å². The van der Waals surface area contributed by atoms with E-state index in [0.29, 0.717) is 0 Å². The Morgan fingerprint density at radius 1 is 0.297 bits per heavy atom. The normalized spacial score (nSPS) is 46.2. The molecule has 52 atom stereocenters. The zero-order chi connectivity index (χ0) is 102. The molecule has 138 heavy (non-hydrogen) atoms. The Morgan fingerprint density at radius 3 is 0.920 bits per heavy atom. The van der Waals surface area contributed by atoms with Crippen LogP contribution < -0.4 is 26.6 Å². The number of rotatable bonds is 39. The zero-order valence-electron chi connectivity index (χ0n) is 73.8. The molecule has 10 heterocycles. The highest BCUT2D eigenvalue weighted by atomic mass is 16.8. The van der Waals surface area contributed by atoms with Crippen LogP contribution in [0.4, 0.5) is 0 Å². The molecule has 62 heteroatoms. The molecule has 10 saturated heterocycles. The summed E-state index contributed by atoms with van der Waals surface area (Å²) in [6.45, 7) is -7.94. The second-order valence-corrected chi connectivity index (χ2v) is 34.6. The molecule has 0 aromatic rings. The van der Waals surface area contributed by atoms with E-state index in [-0.39, 0.29) is 0 Å². The Labute approximate surface area is 779 Å². The third-order valence-corrected chi connectivity index (χ3v) is 24.8. The number of carboxylic acids is 2. The summed E-state index contributed by atoms with van der Waals surface area (Å²) in [6, 6.07) is -9.64. The number of aliphatic hydroxyl groups excluding tert-OH is 29. The number of aliphatic carboxylic acids is 2. The Hall–Kier alpha value is -5.63. The molecule has 36 N–H and O–H groups in total. The predicted molar refractivity (Wildman–Crippen MR) is 422 cm³/mol. The minimum Gasteiger partial charge on any atom is -0.477 e. The molecule has 0 radical (unpaired) electrons. The number of carboxylic acid groups (broad SMARTS) is 2. The summed E-state index contributed by atoms with van der Waals surface area (Å²) in [6.07, 6.45) is -105. The molecule has 1 unspecified atom stereocenters. The molecule has 5 amide bonds. The minimum atomic E-state index is -3.33. The third-order valence-electron chi connectivity index (χ3n) is 24.8. The largest absolute Gasteiger partial charge is 0.477 e. The van der Waals surface area contributed by atoms with Gasteiger partial charge in [0.1, 0.15) is 232 Å². The van der Waals surface area contributed by atoms with Crippen LogP contribution in [-0.4, -0.2) is 584 Å². The summed E-state index contributed by atoms with van der Waals surface area (Å²) < 4.78 is 112. The van der Waals surface area contributed by atoms with Crippen molar-refractivity contribution in [2.45, 2.75) is 365 Å². The van der Waals surface area contributed by atoms with Crippen LogP contribution in [0.5, 0.6) is 0 Å². The van der Waals surface area contributed by atoms with E-state index >= 15 is 0 Å². The maximum absolute atomic E-state index is 13.3. The van der Waals surface area contributed by atoms with E-state index in [2.05, 4.69) is 26.6 Å². The fraction of sp³-hybridized carbons (Fsp3) is 0.908. The van der Waals surface area contributed by atoms with Crippen molar-refractivity contribution in [1.82, 2.24) is 26.6 Å². The molecule has 0 saturated carbocycles. The summed E-state index contributed by atoms with van der Waals surface area (Å²) in [7, 11) is 0. The van der Waals surface area contributed by atoms with Gasteiger partial charge in [-0.3, -0.25) is 24.0 Å². The Balaban J connectivity index is 0.932. The van der Waals surface area contributed by atoms with Crippen LogP contribution >= 0.6 is 0 Å². The average Bonchev–Trinajstić information content (AvgIpc) is 0.752. The van der Waals surface area contributed by atoms with E-state index in [1.165, 1.54) is 0 Å². The topological polar surface area (TPSA) is 982 Å². The van der Waals surface area contributed by atoms with Crippen LogP contribution in [-0.2, 0) is 124 Å². The van der Waals surface area contributed by atoms with E-state index in [1.54, 1.807) is 0 Å². The highest BCUT2D eigenvalue weighted by molar-refractivity contribution is 5.78.